The molecular formula is C26H26N2O4. The summed E-state index contributed by atoms with van der Waals surface area (Å²) in [7, 11) is 4.96. The number of nitrogens with zero attached hydrogens (tertiary/aromatic N) is 2. The Kier molecular flexibility index (Phi) is 6.12. The highest BCUT2D eigenvalue weighted by molar-refractivity contribution is 6.05. The van der Waals surface area contributed by atoms with Crippen molar-refractivity contribution >= 4 is 23.2 Å². The molecule has 6 heteroatoms. The van der Waals surface area contributed by atoms with Crippen LogP contribution in [0.3, 0.4) is 0 Å². The molecule has 1 aliphatic rings. The van der Waals surface area contributed by atoms with E-state index in [9.17, 15) is 9.59 Å². The number of amides is 2. The number of carbonyl (C=O) groups is 2. The Hall–Kier alpha value is -3.80. The van der Waals surface area contributed by atoms with E-state index < -0.39 is 12.0 Å². The summed E-state index contributed by atoms with van der Waals surface area (Å²) in [6, 6.07) is 23.9. The number of hydrogen-bond donors (Lipinski definition) is 0. The molecule has 164 valence electrons. The van der Waals surface area contributed by atoms with E-state index in [1.165, 1.54) is 0 Å². The molecule has 3 aromatic carbocycles. The molecule has 0 bridgehead atoms. The fourth-order valence-corrected chi connectivity index (χ4v) is 4.21. The van der Waals surface area contributed by atoms with Gasteiger partial charge in [-0.15, -0.1) is 0 Å². The van der Waals surface area contributed by atoms with Gasteiger partial charge in [0, 0.05) is 24.8 Å². The molecule has 32 heavy (non-hydrogen) atoms. The summed E-state index contributed by atoms with van der Waals surface area (Å²) < 4.78 is 10.5. The first-order valence-corrected chi connectivity index (χ1v) is 10.5. The Morgan fingerprint density at radius 1 is 0.875 bits per heavy atom. The Morgan fingerprint density at radius 2 is 1.44 bits per heavy atom. The maximum atomic E-state index is 13.6. The zero-order chi connectivity index (χ0) is 22.7. The highest BCUT2D eigenvalue weighted by Gasteiger charge is 2.46. The van der Waals surface area contributed by atoms with Crippen molar-refractivity contribution in [1.82, 2.24) is 0 Å². The van der Waals surface area contributed by atoms with Crippen LogP contribution in [0.2, 0.25) is 0 Å². The molecule has 1 heterocycles. The van der Waals surface area contributed by atoms with Crippen molar-refractivity contribution < 1.29 is 19.1 Å². The van der Waals surface area contributed by atoms with Crippen molar-refractivity contribution in [2.75, 3.05) is 31.1 Å². The number of para-hydroxylation sites is 1. The first kappa shape index (κ1) is 21.4. The number of benzene rings is 3. The SMILES string of the molecule is COc1ccc([C@H]2[C@H](C(=O)N(C)c3ccccc3)CC(=O)N2c2ccc(OC)cc2)cc1. The molecule has 2 atom stereocenters. The van der Waals surface area contributed by atoms with Gasteiger partial charge < -0.3 is 19.3 Å². The molecule has 1 aliphatic heterocycles. The van der Waals surface area contributed by atoms with E-state index in [1.54, 1.807) is 31.1 Å². The van der Waals surface area contributed by atoms with Crippen molar-refractivity contribution in [1.29, 1.82) is 0 Å². The first-order chi connectivity index (χ1) is 15.5. The van der Waals surface area contributed by atoms with Crippen molar-refractivity contribution in [2.24, 2.45) is 5.92 Å². The number of rotatable bonds is 6. The van der Waals surface area contributed by atoms with Crippen LogP contribution in [0.1, 0.15) is 18.0 Å². The van der Waals surface area contributed by atoms with Gasteiger partial charge in [-0.25, -0.2) is 0 Å². The highest BCUT2D eigenvalue weighted by atomic mass is 16.5. The second-order valence-electron chi connectivity index (χ2n) is 7.72. The normalized spacial score (nSPS) is 17.8. The Labute approximate surface area is 188 Å². The number of ether oxygens (including phenoxy) is 2. The summed E-state index contributed by atoms with van der Waals surface area (Å²) in [5, 5.41) is 0. The van der Waals surface area contributed by atoms with Gasteiger partial charge in [-0.1, -0.05) is 30.3 Å². The van der Waals surface area contributed by atoms with E-state index in [0.717, 1.165) is 22.7 Å². The second-order valence-corrected chi connectivity index (χ2v) is 7.72. The quantitative estimate of drug-likeness (QED) is 0.579. The topological polar surface area (TPSA) is 59.1 Å². The van der Waals surface area contributed by atoms with Crippen molar-refractivity contribution in [3.8, 4) is 11.5 Å². The maximum absolute atomic E-state index is 13.6. The maximum Gasteiger partial charge on any atom is 0.232 e. The second kappa shape index (κ2) is 9.14. The zero-order valence-corrected chi connectivity index (χ0v) is 18.4. The van der Waals surface area contributed by atoms with Crippen LogP contribution in [0.15, 0.2) is 78.9 Å². The minimum Gasteiger partial charge on any atom is -0.497 e. The number of methoxy groups -OCH3 is 2. The van der Waals surface area contributed by atoms with E-state index in [2.05, 4.69) is 0 Å². The molecule has 0 saturated carbocycles. The minimum absolute atomic E-state index is 0.0872. The molecule has 6 nitrogen and oxygen atoms in total. The van der Waals surface area contributed by atoms with Crippen LogP contribution in [0, 0.1) is 5.92 Å². The summed E-state index contributed by atoms with van der Waals surface area (Å²) in [6.45, 7) is 0. The molecule has 0 spiro atoms. The average molecular weight is 431 g/mol. The monoisotopic (exact) mass is 430 g/mol. The van der Waals surface area contributed by atoms with Crippen LogP contribution in [0.5, 0.6) is 11.5 Å². The smallest absolute Gasteiger partial charge is 0.232 e. The fraction of sp³-hybridized carbons (Fsp3) is 0.231. The molecule has 4 rings (SSSR count). The van der Waals surface area contributed by atoms with Gasteiger partial charge in [-0.3, -0.25) is 9.59 Å². The van der Waals surface area contributed by atoms with Gasteiger partial charge in [-0.2, -0.15) is 0 Å². The van der Waals surface area contributed by atoms with Crippen molar-refractivity contribution in [3.05, 3.63) is 84.4 Å². The van der Waals surface area contributed by atoms with Crippen LogP contribution >= 0.6 is 0 Å². The van der Waals surface area contributed by atoms with Gasteiger partial charge in [0.1, 0.15) is 11.5 Å². The summed E-state index contributed by atoms with van der Waals surface area (Å²) in [4.78, 5) is 30.1. The van der Waals surface area contributed by atoms with Crippen LogP contribution in [-0.4, -0.2) is 33.1 Å². The third-order valence-corrected chi connectivity index (χ3v) is 5.92. The molecule has 0 N–H and O–H groups in total. The van der Waals surface area contributed by atoms with E-state index in [-0.39, 0.29) is 18.2 Å². The molecule has 1 saturated heterocycles. The van der Waals surface area contributed by atoms with E-state index in [0.29, 0.717) is 5.75 Å². The summed E-state index contributed by atoms with van der Waals surface area (Å²) in [5.74, 6) is 0.719. The largest absolute Gasteiger partial charge is 0.497 e. The molecule has 1 fully saturated rings. The zero-order valence-electron chi connectivity index (χ0n) is 18.4. The van der Waals surface area contributed by atoms with E-state index in [4.69, 9.17) is 9.47 Å². The molecular weight excluding hydrogens is 404 g/mol. The summed E-state index contributed by atoms with van der Waals surface area (Å²) in [5.41, 5.74) is 2.41. The summed E-state index contributed by atoms with van der Waals surface area (Å²) >= 11 is 0. The Balaban J connectivity index is 1.74. The average Bonchev–Trinajstić information content (AvgIpc) is 3.20. The molecule has 3 aromatic rings. The number of carbonyl (C=O) groups excluding carboxylic acids is 2. The third kappa shape index (κ3) is 4.04. The molecule has 0 aliphatic carbocycles. The Bertz CT molecular complexity index is 1080. The van der Waals surface area contributed by atoms with Gasteiger partial charge in [-0.05, 0) is 54.1 Å². The standard InChI is InChI=1S/C26H26N2O4/c1-27(19-7-5-4-6-8-19)26(30)23-17-24(29)28(20-11-15-22(32-3)16-12-20)25(23)18-9-13-21(31-2)14-10-18/h4-16,23,25H,17H2,1-3H3/t23-,25+/m1/s1. The molecule has 0 unspecified atom stereocenters. The fourth-order valence-electron chi connectivity index (χ4n) is 4.21. The van der Waals surface area contributed by atoms with Crippen LogP contribution in [0.4, 0.5) is 11.4 Å². The van der Waals surface area contributed by atoms with Crippen LogP contribution in [-0.2, 0) is 9.59 Å². The number of anilines is 2. The van der Waals surface area contributed by atoms with Gasteiger partial charge >= 0.3 is 0 Å². The van der Waals surface area contributed by atoms with Gasteiger partial charge in [0.05, 0.1) is 26.2 Å². The lowest BCUT2D eigenvalue weighted by atomic mass is 9.92. The van der Waals surface area contributed by atoms with Gasteiger partial charge in [0.25, 0.3) is 0 Å². The minimum atomic E-state index is -0.525. The lowest BCUT2D eigenvalue weighted by Crippen LogP contribution is -2.37. The van der Waals surface area contributed by atoms with Crippen molar-refractivity contribution in [2.45, 2.75) is 12.5 Å². The first-order valence-electron chi connectivity index (χ1n) is 10.5. The third-order valence-electron chi connectivity index (χ3n) is 5.92. The Morgan fingerprint density at radius 3 is 2.00 bits per heavy atom. The molecule has 2 amide bonds. The number of hydrogen-bond acceptors (Lipinski definition) is 4. The predicted octanol–water partition coefficient (Wildman–Crippen LogP) is 4.46. The van der Waals surface area contributed by atoms with Crippen LogP contribution < -0.4 is 19.3 Å². The molecule has 0 radical (unpaired) electrons. The van der Waals surface area contributed by atoms with Crippen molar-refractivity contribution in [3.63, 3.8) is 0 Å². The summed E-state index contributed by atoms with van der Waals surface area (Å²) in [6.07, 6.45) is 0.138. The van der Waals surface area contributed by atoms with Crippen LogP contribution in [0.25, 0.3) is 0 Å². The lowest BCUT2D eigenvalue weighted by molar-refractivity contribution is -0.124. The molecule has 0 aromatic heterocycles. The highest BCUT2D eigenvalue weighted by Crippen LogP contribution is 2.43. The van der Waals surface area contributed by atoms with Gasteiger partial charge in [0.2, 0.25) is 11.8 Å². The van der Waals surface area contributed by atoms with Gasteiger partial charge in [0.15, 0.2) is 0 Å². The van der Waals surface area contributed by atoms with E-state index >= 15 is 0 Å². The predicted molar refractivity (Wildman–Crippen MR) is 124 cm³/mol. The van der Waals surface area contributed by atoms with E-state index in [1.807, 2.05) is 78.9 Å². The lowest BCUT2D eigenvalue weighted by Gasteiger charge is -2.30.